The first-order valence-corrected chi connectivity index (χ1v) is 6.52. The molecule has 4 N–H and O–H groups in total. The number of aryl methyl sites for hydroxylation is 1. The lowest BCUT2D eigenvalue weighted by Gasteiger charge is -2.09. The topological polar surface area (TPSA) is 67.2 Å². The predicted molar refractivity (Wildman–Crippen MR) is 74.4 cm³/mol. The smallest absolute Gasteiger partial charge is 0.253 e. The number of carbonyl (C=O) groups is 1. The second-order valence-electron chi connectivity index (χ2n) is 4.00. The Bertz CT molecular complexity index is 597. The molecule has 0 radical (unpaired) electrons. The molecule has 0 unspecified atom stereocenters. The molecule has 0 saturated carbocycles. The Labute approximate surface area is 114 Å². The molecule has 0 aliphatic carbocycles. The van der Waals surface area contributed by atoms with Crippen molar-refractivity contribution in [3.05, 3.63) is 51.5 Å². The van der Waals surface area contributed by atoms with E-state index in [2.05, 4.69) is 10.7 Å². The molecule has 0 aliphatic heterocycles. The van der Waals surface area contributed by atoms with Crippen molar-refractivity contribution in [2.75, 3.05) is 5.43 Å². The quantitative estimate of drug-likeness (QED) is 0.595. The van der Waals surface area contributed by atoms with Crippen LogP contribution in [-0.4, -0.2) is 5.91 Å². The summed E-state index contributed by atoms with van der Waals surface area (Å²) >= 11 is 1.61. The number of benzene rings is 1. The van der Waals surface area contributed by atoms with Gasteiger partial charge in [0.15, 0.2) is 0 Å². The van der Waals surface area contributed by atoms with Crippen molar-refractivity contribution >= 4 is 22.9 Å². The summed E-state index contributed by atoms with van der Waals surface area (Å²) in [7, 11) is 0. The Balaban J connectivity index is 2.10. The van der Waals surface area contributed by atoms with Crippen molar-refractivity contribution in [3.63, 3.8) is 0 Å². The highest BCUT2D eigenvalue weighted by atomic mass is 32.1. The third kappa shape index (κ3) is 3.10. The SMILES string of the molecule is Cc1ccc(CNC(=O)c2cccc(F)c2NN)s1. The van der Waals surface area contributed by atoms with E-state index in [4.69, 9.17) is 5.84 Å². The van der Waals surface area contributed by atoms with Gasteiger partial charge in [0.05, 0.1) is 17.8 Å². The minimum Gasteiger partial charge on any atom is -0.347 e. The second-order valence-corrected chi connectivity index (χ2v) is 5.37. The van der Waals surface area contributed by atoms with Gasteiger partial charge in [0.1, 0.15) is 5.82 Å². The number of rotatable bonds is 4. The van der Waals surface area contributed by atoms with Crippen molar-refractivity contribution in [1.82, 2.24) is 5.32 Å². The summed E-state index contributed by atoms with van der Waals surface area (Å²) < 4.78 is 13.5. The van der Waals surface area contributed by atoms with Crippen molar-refractivity contribution in [3.8, 4) is 0 Å². The average molecular weight is 279 g/mol. The summed E-state index contributed by atoms with van der Waals surface area (Å²) in [4.78, 5) is 14.2. The van der Waals surface area contributed by atoms with Crippen LogP contribution >= 0.6 is 11.3 Å². The molecule has 0 spiro atoms. The first-order valence-electron chi connectivity index (χ1n) is 5.70. The van der Waals surface area contributed by atoms with E-state index in [9.17, 15) is 9.18 Å². The number of nitrogens with one attached hydrogen (secondary N) is 2. The Morgan fingerprint density at radius 1 is 1.37 bits per heavy atom. The molecule has 100 valence electrons. The number of anilines is 1. The standard InChI is InChI=1S/C13H14FN3OS/c1-8-5-6-9(19-8)7-16-13(18)10-3-2-4-11(14)12(10)17-15/h2-6,17H,7,15H2,1H3,(H,16,18). The number of thiophene rings is 1. The van der Waals surface area contributed by atoms with Crippen LogP contribution in [0.2, 0.25) is 0 Å². The van der Waals surface area contributed by atoms with E-state index in [1.165, 1.54) is 23.1 Å². The lowest BCUT2D eigenvalue weighted by Crippen LogP contribution is -2.25. The molecule has 2 aromatic rings. The molecule has 0 bridgehead atoms. The van der Waals surface area contributed by atoms with Crippen LogP contribution in [0, 0.1) is 12.7 Å². The molecule has 1 aromatic heterocycles. The van der Waals surface area contributed by atoms with Crippen LogP contribution < -0.4 is 16.6 Å². The fourth-order valence-corrected chi connectivity index (χ4v) is 2.53. The van der Waals surface area contributed by atoms with E-state index in [1.807, 2.05) is 19.1 Å². The molecule has 0 fully saturated rings. The minimum absolute atomic E-state index is 0.00219. The van der Waals surface area contributed by atoms with Gasteiger partial charge in [-0.15, -0.1) is 11.3 Å². The molecule has 19 heavy (non-hydrogen) atoms. The average Bonchev–Trinajstić information content (AvgIpc) is 2.81. The summed E-state index contributed by atoms with van der Waals surface area (Å²) in [5.74, 6) is 4.32. The zero-order chi connectivity index (χ0) is 13.8. The molecular formula is C13H14FN3OS. The summed E-state index contributed by atoms with van der Waals surface area (Å²) in [6.45, 7) is 2.41. The maximum atomic E-state index is 13.5. The molecule has 0 aliphatic rings. The lowest BCUT2D eigenvalue weighted by atomic mass is 10.1. The minimum atomic E-state index is -0.554. The summed E-state index contributed by atoms with van der Waals surface area (Å²) in [6, 6.07) is 8.18. The largest absolute Gasteiger partial charge is 0.347 e. The van der Waals surface area contributed by atoms with Gasteiger partial charge >= 0.3 is 0 Å². The molecule has 0 atom stereocenters. The van der Waals surface area contributed by atoms with Gasteiger partial charge in [-0.25, -0.2) is 4.39 Å². The predicted octanol–water partition coefficient (Wildman–Crippen LogP) is 2.41. The highest BCUT2D eigenvalue weighted by molar-refractivity contribution is 7.11. The number of hydrazine groups is 1. The molecular weight excluding hydrogens is 265 g/mol. The van der Waals surface area contributed by atoms with E-state index in [-0.39, 0.29) is 17.2 Å². The molecule has 1 heterocycles. The Hall–Kier alpha value is -1.92. The van der Waals surface area contributed by atoms with Gasteiger partial charge in [-0.3, -0.25) is 10.6 Å². The zero-order valence-corrected chi connectivity index (χ0v) is 11.2. The molecule has 6 heteroatoms. The normalized spacial score (nSPS) is 10.3. The van der Waals surface area contributed by atoms with Crippen LogP contribution in [0.4, 0.5) is 10.1 Å². The van der Waals surface area contributed by atoms with Crippen LogP contribution in [0.15, 0.2) is 30.3 Å². The molecule has 1 aromatic carbocycles. The van der Waals surface area contributed by atoms with Crippen LogP contribution in [0.3, 0.4) is 0 Å². The molecule has 2 rings (SSSR count). The highest BCUT2D eigenvalue weighted by Crippen LogP contribution is 2.19. The van der Waals surface area contributed by atoms with Crippen molar-refractivity contribution in [1.29, 1.82) is 0 Å². The number of carbonyl (C=O) groups excluding carboxylic acids is 1. The van der Waals surface area contributed by atoms with Crippen LogP contribution in [-0.2, 0) is 6.54 Å². The number of halogens is 1. The third-order valence-corrected chi connectivity index (χ3v) is 3.62. The molecule has 4 nitrogen and oxygen atoms in total. The first-order chi connectivity index (χ1) is 9.11. The number of nitrogens with two attached hydrogens (primary N) is 1. The van der Waals surface area contributed by atoms with Gasteiger partial charge in [-0.2, -0.15) is 0 Å². The monoisotopic (exact) mass is 279 g/mol. The van der Waals surface area contributed by atoms with Gasteiger partial charge in [0.25, 0.3) is 5.91 Å². The van der Waals surface area contributed by atoms with E-state index in [0.29, 0.717) is 6.54 Å². The van der Waals surface area contributed by atoms with Gasteiger partial charge in [0.2, 0.25) is 0 Å². The third-order valence-electron chi connectivity index (χ3n) is 2.62. The van der Waals surface area contributed by atoms with Crippen LogP contribution in [0.5, 0.6) is 0 Å². The number of nitrogen functional groups attached to an aromatic ring is 1. The van der Waals surface area contributed by atoms with E-state index in [1.54, 1.807) is 11.3 Å². The number of amides is 1. The number of para-hydroxylation sites is 1. The second kappa shape index (κ2) is 5.81. The zero-order valence-electron chi connectivity index (χ0n) is 10.4. The maximum absolute atomic E-state index is 13.5. The molecule has 0 saturated heterocycles. The van der Waals surface area contributed by atoms with Crippen LogP contribution in [0.1, 0.15) is 20.1 Å². The molecule has 1 amide bonds. The van der Waals surface area contributed by atoms with Gasteiger partial charge < -0.3 is 10.7 Å². The summed E-state index contributed by atoms with van der Waals surface area (Å²) in [5.41, 5.74) is 2.41. The maximum Gasteiger partial charge on any atom is 0.253 e. The summed E-state index contributed by atoms with van der Waals surface area (Å²) in [6.07, 6.45) is 0. The van der Waals surface area contributed by atoms with E-state index >= 15 is 0 Å². The van der Waals surface area contributed by atoms with Crippen molar-refractivity contribution in [2.45, 2.75) is 13.5 Å². The van der Waals surface area contributed by atoms with E-state index in [0.717, 1.165) is 4.88 Å². The Morgan fingerprint density at radius 3 is 2.79 bits per heavy atom. The van der Waals surface area contributed by atoms with Gasteiger partial charge in [-0.05, 0) is 31.2 Å². The lowest BCUT2D eigenvalue weighted by molar-refractivity contribution is 0.0951. The van der Waals surface area contributed by atoms with Gasteiger partial charge in [0, 0.05) is 9.75 Å². The van der Waals surface area contributed by atoms with Crippen molar-refractivity contribution < 1.29 is 9.18 Å². The summed E-state index contributed by atoms with van der Waals surface area (Å²) in [5, 5.41) is 2.74. The van der Waals surface area contributed by atoms with Gasteiger partial charge in [-0.1, -0.05) is 6.07 Å². The number of hydrogen-bond donors (Lipinski definition) is 3. The highest BCUT2D eigenvalue weighted by Gasteiger charge is 2.14. The Kier molecular flexibility index (Phi) is 4.13. The fourth-order valence-electron chi connectivity index (χ4n) is 1.70. The van der Waals surface area contributed by atoms with E-state index < -0.39 is 5.82 Å². The fraction of sp³-hybridized carbons (Fsp3) is 0.154. The Morgan fingerprint density at radius 2 is 2.16 bits per heavy atom. The first kappa shape index (κ1) is 13.5. The number of hydrogen-bond acceptors (Lipinski definition) is 4. The van der Waals surface area contributed by atoms with Crippen molar-refractivity contribution in [2.24, 2.45) is 5.84 Å². The van der Waals surface area contributed by atoms with Crippen LogP contribution in [0.25, 0.3) is 0 Å².